The van der Waals surface area contributed by atoms with Gasteiger partial charge in [-0.3, -0.25) is 4.79 Å². The molecule has 0 fully saturated rings. The fourth-order valence-corrected chi connectivity index (χ4v) is 2.65. The maximum absolute atomic E-state index is 12.9. The number of hydrogen-bond donors (Lipinski definition) is 1. The van der Waals surface area contributed by atoms with Crippen molar-refractivity contribution in [2.45, 2.75) is 13.1 Å². The van der Waals surface area contributed by atoms with Crippen molar-refractivity contribution in [1.29, 1.82) is 5.26 Å². The number of furan rings is 1. The van der Waals surface area contributed by atoms with Crippen LogP contribution in [0.1, 0.15) is 16.9 Å². The topological polar surface area (TPSA) is 66.0 Å². The summed E-state index contributed by atoms with van der Waals surface area (Å²) < 4.78 is 44.2. The van der Waals surface area contributed by atoms with E-state index in [0.717, 1.165) is 17.7 Å². The maximum atomic E-state index is 12.9. The minimum atomic E-state index is -4.47. The van der Waals surface area contributed by atoms with Crippen molar-refractivity contribution in [2.24, 2.45) is 0 Å². The van der Waals surface area contributed by atoms with Crippen molar-refractivity contribution in [2.75, 3.05) is 5.32 Å². The van der Waals surface area contributed by atoms with Gasteiger partial charge in [0.1, 0.15) is 23.2 Å². The van der Waals surface area contributed by atoms with Crippen LogP contribution in [0.2, 0.25) is 0 Å². The minimum Gasteiger partial charge on any atom is -0.457 e. The van der Waals surface area contributed by atoms with Crippen LogP contribution in [0.3, 0.4) is 0 Å². The summed E-state index contributed by atoms with van der Waals surface area (Å²) in [4.78, 5) is 12.3. The molecule has 1 heterocycles. The van der Waals surface area contributed by atoms with Gasteiger partial charge in [0.05, 0.1) is 5.56 Å². The zero-order valence-corrected chi connectivity index (χ0v) is 15.2. The maximum Gasteiger partial charge on any atom is 0.416 e. The van der Waals surface area contributed by atoms with Crippen molar-refractivity contribution >= 4 is 17.7 Å². The standard InChI is InChI=1S/C22H15F3N2O2/c1-14-4-2-7-18(10-14)27-21(28)16(13-26)12-19-8-9-20(29-19)15-5-3-6-17(11-15)22(23,24)25/h2-12H,1H3,(H,27,28)/b16-12+. The number of rotatable bonds is 4. The van der Waals surface area contributed by atoms with Gasteiger partial charge >= 0.3 is 6.18 Å². The van der Waals surface area contributed by atoms with Crippen LogP contribution >= 0.6 is 0 Å². The Morgan fingerprint density at radius 3 is 2.55 bits per heavy atom. The Morgan fingerprint density at radius 1 is 1.10 bits per heavy atom. The van der Waals surface area contributed by atoms with Gasteiger partial charge in [-0.05, 0) is 48.9 Å². The summed E-state index contributed by atoms with van der Waals surface area (Å²) in [6.07, 6.45) is -3.23. The highest BCUT2D eigenvalue weighted by Gasteiger charge is 2.30. The first kappa shape index (κ1) is 20.0. The zero-order valence-electron chi connectivity index (χ0n) is 15.2. The second-order valence-electron chi connectivity index (χ2n) is 6.27. The van der Waals surface area contributed by atoms with Crippen LogP contribution in [-0.4, -0.2) is 5.91 Å². The van der Waals surface area contributed by atoms with E-state index in [9.17, 15) is 23.2 Å². The first-order valence-electron chi connectivity index (χ1n) is 8.53. The average molecular weight is 396 g/mol. The summed E-state index contributed by atoms with van der Waals surface area (Å²) in [5, 5.41) is 11.9. The number of halogens is 3. The van der Waals surface area contributed by atoms with Gasteiger partial charge in [0.25, 0.3) is 5.91 Å². The molecule has 0 aliphatic carbocycles. The van der Waals surface area contributed by atoms with Crippen molar-refractivity contribution in [3.8, 4) is 17.4 Å². The lowest BCUT2D eigenvalue weighted by molar-refractivity contribution is -0.137. The lowest BCUT2D eigenvalue weighted by Gasteiger charge is -2.07. The molecule has 4 nitrogen and oxygen atoms in total. The molecular formula is C22H15F3N2O2. The van der Waals surface area contributed by atoms with Crippen molar-refractivity contribution < 1.29 is 22.4 Å². The lowest BCUT2D eigenvalue weighted by atomic mass is 10.1. The molecule has 1 amide bonds. The number of carbonyl (C=O) groups is 1. The molecule has 1 aromatic heterocycles. The Bertz CT molecular complexity index is 1120. The fraction of sp³-hybridized carbons (Fsp3) is 0.0909. The molecule has 0 saturated heterocycles. The van der Waals surface area contributed by atoms with E-state index in [1.807, 2.05) is 13.0 Å². The molecule has 146 valence electrons. The van der Waals surface area contributed by atoms with Crippen LogP contribution in [-0.2, 0) is 11.0 Å². The number of alkyl halides is 3. The molecule has 0 unspecified atom stereocenters. The summed E-state index contributed by atoms with van der Waals surface area (Å²) in [7, 11) is 0. The third-order valence-corrected chi connectivity index (χ3v) is 4.03. The van der Waals surface area contributed by atoms with Crippen LogP contribution in [0.15, 0.2) is 70.7 Å². The molecule has 0 aliphatic rings. The molecule has 3 rings (SSSR count). The first-order chi connectivity index (χ1) is 13.8. The third-order valence-electron chi connectivity index (χ3n) is 4.03. The van der Waals surface area contributed by atoms with Gasteiger partial charge < -0.3 is 9.73 Å². The molecule has 0 radical (unpaired) electrons. The van der Waals surface area contributed by atoms with Gasteiger partial charge in [0, 0.05) is 17.3 Å². The van der Waals surface area contributed by atoms with Gasteiger partial charge in [0.15, 0.2) is 0 Å². The van der Waals surface area contributed by atoms with E-state index < -0.39 is 17.6 Å². The number of anilines is 1. The normalized spacial score (nSPS) is 11.8. The van der Waals surface area contributed by atoms with Crippen LogP contribution in [0.5, 0.6) is 0 Å². The summed E-state index contributed by atoms with van der Waals surface area (Å²) in [5.74, 6) is -0.248. The highest BCUT2D eigenvalue weighted by Crippen LogP contribution is 2.32. The molecule has 2 aromatic carbocycles. The predicted molar refractivity (Wildman–Crippen MR) is 103 cm³/mol. The Balaban J connectivity index is 1.83. The molecule has 0 spiro atoms. The lowest BCUT2D eigenvalue weighted by Crippen LogP contribution is -2.13. The molecule has 3 aromatic rings. The van der Waals surface area contributed by atoms with Crippen LogP contribution in [0, 0.1) is 18.3 Å². The number of nitrogens with one attached hydrogen (secondary N) is 1. The second kappa shape index (κ2) is 8.07. The van der Waals surface area contributed by atoms with Crippen LogP contribution in [0.25, 0.3) is 17.4 Å². The third kappa shape index (κ3) is 4.93. The van der Waals surface area contributed by atoms with E-state index >= 15 is 0 Å². The Hall–Kier alpha value is -3.79. The van der Waals surface area contributed by atoms with E-state index in [4.69, 9.17) is 4.42 Å². The van der Waals surface area contributed by atoms with E-state index in [0.29, 0.717) is 5.69 Å². The summed E-state index contributed by atoms with van der Waals surface area (Å²) in [6, 6.07) is 16.6. The number of benzene rings is 2. The number of hydrogen-bond acceptors (Lipinski definition) is 3. The molecule has 29 heavy (non-hydrogen) atoms. The number of carbonyl (C=O) groups excluding carboxylic acids is 1. The average Bonchev–Trinajstić information content (AvgIpc) is 3.14. The molecule has 7 heteroatoms. The Kier molecular flexibility index (Phi) is 5.55. The molecule has 0 bridgehead atoms. The second-order valence-corrected chi connectivity index (χ2v) is 6.27. The van der Waals surface area contributed by atoms with Gasteiger partial charge in [0.2, 0.25) is 0 Å². The molecule has 0 aliphatic heterocycles. The fourth-order valence-electron chi connectivity index (χ4n) is 2.65. The quantitative estimate of drug-likeness (QED) is 0.446. The molecule has 0 atom stereocenters. The van der Waals surface area contributed by atoms with E-state index in [1.54, 1.807) is 24.3 Å². The number of nitrogens with zero attached hydrogens (tertiary/aromatic N) is 1. The highest BCUT2D eigenvalue weighted by molar-refractivity contribution is 6.09. The predicted octanol–water partition coefficient (Wildman–Crippen LogP) is 5.82. The van der Waals surface area contributed by atoms with E-state index in [1.165, 1.54) is 30.3 Å². The molecular weight excluding hydrogens is 381 g/mol. The molecule has 0 saturated carbocycles. The minimum absolute atomic E-state index is 0.174. The summed E-state index contributed by atoms with van der Waals surface area (Å²) >= 11 is 0. The Labute approximate surface area is 164 Å². The Morgan fingerprint density at radius 2 is 1.86 bits per heavy atom. The molecule has 1 N–H and O–H groups in total. The van der Waals surface area contributed by atoms with Gasteiger partial charge in [-0.25, -0.2) is 0 Å². The SMILES string of the molecule is Cc1cccc(NC(=O)/C(C#N)=C/c2ccc(-c3cccc(C(F)(F)F)c3)o2)c1. The van der Waals surface area contributed by atoms with Gasteiger partial charge in [-0.1, -0.05) is 24.3 Å². The number of nitriles is 1. The summed E-state index contributed by atoms with van der Waals surface area (Å²) in [6.45, 7) is 1.87. The number of aryl methyl sites for hydroxylation is 1. The number of amides is 1. The summed E-state index contributed by atoms with van der Waals surface area (Å²) in [5.41, 5.74) is 0.736. The van der Waals surface area contributed by atoms with Crippen molar-refractivity contribution in [3.63, 3.8) is 0 Å². The first-order valence-corrected chi connectivity index (χ1v) is 8.53. The largest absolute Gasteiger partial charge is 0.457 e. The van der Waals surface area contributed by atoms with Gasteiger partial charge in [-0.15, -0.1) is 0 Å². The van der Waals surface area contributed by atoms with Gasteiger partial charge in [-0.2, -0.15) is 18.4 Å². The van der Waals surface area contributed by atoms with Crippen molar-refractivity contribution in [3.05, 3.63) is 83.1 Å². The van der Waals surface area contributed by atoms with Crippen LogP contribution < -0.4 is 5.32 Å². The monoisotopic (exact) mass is 396 g/mol. The van der Waals surface area contributed by atoms with Crippen LogP contribution in [0.4, 0.5) is 18.9 Å². The highest BCUT2D eigenvalue weighted by atomic mass is 19.4. The zero-order chi connectivity index (χ0) is 21.0. The van der Waals surface area contributed by atoms with E-state index in [-0.39, 0.29) is 22.7 Å². The van der Waals surface area contributed by atoms with Crippen molar-refractivity contribution in [1.82, 2.24) is 0 Å². The smallest absolute Gasteiger partial charge is 0.416 e. The van der Waals surface area contributed by atoms with E-state index in [2.05, 4.69) is 5.32 Å².